The average Bonchev–Trinajstić information content (AvgIpc) is 2.30. The van der Waals surface area contributed by atoms with Gasteiger partial charge in [0.15, 0.2) is 0 Å². The van der Waals surface area contributed by atoms with Gasteiger partial charge in [-0.1, -0.05) is 27.7 Å². The van der Waals surface area contributed by atoms with Crippen LogP contribution in [0.25, 0.3) is 0 Å². The number of aldehydes is 1. The van der Waals surface area contributed by atoms with Gasteiger partial charge in [-0.25, -0.2) is 0 Å². The molecule has 0 aromatic carbocycles. The average molecular weight is 234 g/mol. The van der Waals surface area contributed by atoms with Crippen LogP contribution >= 0.6 is 0 Å². The van der Waals surface area contributed by atoms with E-state index in [4.69, 9.17) is 9.90 Å². The van der Waals surface area contributed by atoms with Crippen molar-refractivity contribution in [1.82, 2.24) is 0 Å². The lowest BCUT2D eigenvalue weighted by Crippen LogP contribution is -2.23. The molecule has 0 aromatic rings. The van der Waals surface area contributed by atoms with E-state index in [1.807, 2.05) is 34.5 Å². The van der Waals surface area contributed by atoms with Crippen molar-refractivity contribution in [1.29, 1.82) is 0 Å². The predicted molar refractivity (Wildman–Crippen MR) is 60.9 cm³/mol. The van der Waals surface area contributed by atoms with Gasteiger partial charge in [-0.2, -0.15) is 0 Å². The fourth-order valence-electron chi connectivity index (χ4n) is 0.305. The van der Waals surface area contributed by atoms with E-state index in [0.29, 0.717) is 6.47 Å². The topological polar surface area (TPSA) is 80.7 Å². The molecule has 0 heterocycles. The molecule has 0 saturated heterocycles. The SMILES string of the molecule is C=O.CC(C)(CO)COC=O.CC(C)C=O. The number of aliphatic hydroxyl groups is 1. The molecule has 0 aliphatic carbocycles. The van der Waals surface area contributed by atoms with Gasteiger partial charge in [0.2, 0.25) is 0 Å². The molecule has 96 valence electrons. The third-order valence-corrected chi connectivity index (χ3v) is 1.24. The summed E-state index contributed by atoms with van der Waals surface area (Å²) in [4.78, 5) is 27.2. The molecule has 0 rings (SSSR count). The van der Waals surface area contributed by atoms with Gasteiger partial charge in [-0.15, -0.1) is 0 Å². The lowest BCUT2D eigenvalue weighted by Gasteiger charge is -2.18. The summed E-state index contributed by atoms with van der Waals surface area (Å²) in [7, 11) is 0. The highest BCUT2D eigenvalue weighted by molar-refractivity contribution is 5.51. The van der Waals surface area contributed by atoms with Gasteiger partial charge >= 0.3 is 0 Å². The van der Waals surface area contributed by atoms with E-state index in [1.54, 1.807) is 0 Å². The van der Waals surface area contributed by atoms with E-state index in [-0.39, 0.29) is 24.5 Å². The monoisotopic (exact) mass is 234 g/mol. The Kier molecular flexibility index (Phi) is 17.4. The Morgan fingerprint density at radius 3 is 1.88 bits per heavy atom. The first kappa shape index (κ1) is 20.2. The number of aliphatic hydroxyl groups excluding tert-OH is 1. The standard InChI is InChI=1S/C6H12O3.C4H8O.CH2O/c1-6(2,3-7)4-9-5-8;1-4(2)3-5;1-2/h5,7H,3-4H2,1-2H3;3-4H,1-2H3;1H2. The molecule has 0 atom stereocenters. The van der Waals surface area contributed by atoms with Crippen molar-refractivity contribution >= 4 is 19.5 Å². The Balaban J connectivity index is -0.000000205. The van der Waals surface area contributed by atoms with Crippen LogP contribution < -0.4 is 0 Å². The molecule has 0 fully saturated rings. The lowest BCUT2D eigenvalue weighted by atomic mass is 9.97. The van der Waals surface area contributed by atoms with Crippen molar-refractivity contribution in [3.63, 3.8) is 0 Å². The maximum atomic E-state index is 9.66. The van der Waals surface area contributed by atoms with Crippen LogP contribution in [0.1, 0.15) is 27.7 Å². The highest BCUT2D eigenvalue weighted by Gasteiger charge is 2.16. The summed E-state index contributed by atoms with van der Waals surface area (Å²) in [6.07, 6.45) is 0.917. The third kappa shape index (κ3) is 23.0. The van der Waals surface area contributed by atoms with Gasteiger partial charge in [0.25, 0.3) is 6.47 Å². The zero-order chi connectivity index (χ0) is 13.6. The number of hydrogen-bond acceptors (Lipinski definition) is 5. The first-order chi connectivity index (χ1) is 7.39. The second-order valence-electron chi connectivity index (χ2n) is 4.11. The zero-order valence-electron chi connectivity index (χ0n) is 10.4. The van der Waals surface area contributed by atoms with E-state index >= 15 is 0 Å². The van der Waals surface area contributed by atoms with E-state index in [9.17, 15) is 9.59 Å². The van der Waals surface area contributed by atoms with Crippen molar-refractivity contribution in [3.8, 4) is 0 Å². The van der Waals surface area contributed by atoms with E-state index < -0.39 is 0 Å². The first-order valence-electron chi connectivity index (χ1n) is 4.80. The lowest BCUT2D eigenvalue weighted by molar-refractivity contribution is -0.132. The van der Waals surface area contributed by atoms with Crippen molar-refractivity contribution in [2.45, 2.75) is 27.7 Å². The highest BCUT2D eigenvalue weighted by atomic mass is 16.5. The summed E-state index contributed by atoms with van der Waals surface area (Å²) in [5, 5.41) is 8.62. The number of ether oxygens (including phenoxy) is 1. The summed E-state index contributed by atoms with van der Waals surface area (Å²) in [6.45, 7) is 10.0. The predicted octanol–water partition coefficient (Wildman–Crippen LogP) is 0.834. The van der Waals surface area contributed by atoms with E-state index in [1.165, 1.54) is 0 Å². The second-order valence-corrected chi connectivity index (χ2v) is 4.11. The highest BCUT2D eigenvalue weighted by Crippen LogP contribution is 2.12. The Morgan fingerprint density at radius 1 is 1.31 bits per heavy atom. The summed E-state index contributed by atoms with van der Waals surface area (Å²) in [5.74, 6) is 0.204. The molecule has 0 bridgehead atoms. The van der Waals surface area contributed by atoms with Crippen LogP contribution in [0.3, 0.4) is 0 Å². The maximum Gasteiger partial charge on any atom is 0.293 e. The zero-order valence-corrected chi connectivity index (χ0v) is 10.4. The summed E-state index contributed by atoms with van der Waals surface area (Å²) >= 11 is 0. The molecule has 16 heavy (non-hydrogen) atoms. The minimum absolute atomic E-state index is 0.0286. The van der Waals surface area contributed by atoms with Crippen molar-refractivity contribution in [2.75, 3.05) is 13.2 Å². The largest absolute Gasteiger partial charge is 0.467 e. The molecule has 0 amide bonds. The van der Waals surface area contributed by atoms with Gasteiger partial charge in [0.05, 0.1) is 13.2 Å². The molecule has 0 aliphatic heterocycles. The molecule has 0 aliphatic rings. The van der Waals surface area contributed by atoms with Gasteiger partial charge < -0.3 is 19.4 Å². The van der Waals surface area contributed by atoms with E-state index in [2.05, 4.69) is 4.74 Å². The minimum Gasteiger partial charge on any atom is -0.467 e. The molecule has 0 spiro atoms. The molecule has 1 N–H and O–H groups in total. The Hall–Kier alpha value is -1.23. The van der Waals surface area contributed by atoms with Crippen molar-refractivity contribution in [2.24, 2.45) is 11.3 Å². The van der Waals surface area contributed by atoms with Crippen LogP contribution in [-0.4, -0.2) is 37.9 Å². The fraction of sp³-hybridized carbons (Fsp3) is 0.727. The number of rotatable bonds is 5. The normalized spacial score (nSPS) is 9.12. The molecule has 5 nitrogen and oxygen atoms in total. The van der Waals surface area contributed by atoms with Crippen LogP contribution in [0, 0.1) is 11.3 Å². The second kappa shape index (κ2) is 13.8. The smallest absolute Gasteiger partial charge is 0.293 e. The minimum atomic E-state index is -0.305. The molecule has 0 unspecified atom stereocenters. The number of carbonyl (C=O) groups excluding carboxylic acids is 3. The Labute approximate surface area is 96.8 Å². The third-order valence-electron chi connectivity index (χ3n) is 1.24. The quantitative estimate of drug-likeness (QED) is 0.713. The van der Waals surface area contributed by atoms with Crippen LogP contribution in [-0.2, 0) is 19.1 Å². The molecule has 5 heteroatoms. The van der Waals surface area contributed by atoms with Gasteiger partial charge in [-0.3, -0.25) is 4.79 Å². The first-order valence-corrected chi connectivity index (χ1v) is 4.80. The van der Waals surface area contributed by atoms with Gasteiger partial charge in [-0.05, 0) is 0 Å². The Bertz CT molecular complexity index is 166. The van der Waals surface area contributed by atoms with Gasteiger partial charge in [0.1, 0.15) is 13.1 Å². The number of hydrogen-bond donors (Lipinski definition) is 1. The van der Waals surface area contributed by atoms with Crippen LogP contribution in [0.2, 0.25) is 0 Å². The summed E-state index contributed by atoms with van der Waals surface area (Å²) in [5.41, 5.74) is -0.305. The van der Waals surface area contributed by atoms with Crippen LogP contribution in [0.15, 0.2) is 0 Å². The molecule has 0 aromatic heterocycles. The molecule has 0 saturated carbocycles. The van der Waals surface area contributed by atoms with Crippen LogP contribution in [0.4, 0.5) is 0 Å². The fourth-order valence-corrected chi connectivity index (χ4v) is 0.305. The number of carbonyl (C=O) groups is 3. The summed E-state index contributed by atoms with van der Waals surface area (Å²) < 4.78 is 4.45. The maximum absolute atomic E-state index is 9.66. The molecular weight excluding hydrogens is 212 g/mol. The van der Waals surface area contributed by atoms with Gasteiger partial charge in [0, 0.05) is 11.3 Å². The van der Waals surface area contributed by atoms with Crippen molar-refractivity contribution < 1.29 is 24.2 Å². The van der Waals surface area contributed by atoms with Crippen molar-refractivity contribution in [3.05, 3.63) is 0 Å². The summed E-state index contributed by atoms with van der Waals surface area (Å²) in [6, 6.07) is 0. The van der Waals surface area contributed by atoms with Crippen LogP contribution in [0.5, 0.6) is 0 Å². The Morgan fingerprint density at radius 2 is 1.69 bits per heavy atom. The van der Waals surface area contributed by atoms with E-state index in [0.717, 1.165) is 6.29 Å². The molecular formula is C11H22O5. The molecule has 0 radical (unpaired) electrons.